The highest BCUT2D eigenvalue weighted by Crippen LogP contribution is 2.54. The molecule has 2 unspecified atom stereocenters. The van der Waals surface area contributed by atoms with Crippen molar-refractivity contribution in [1.29, 1.82) is 0 Å². The zero-order chi connectivity index (χ0) is 16.8. The largest absolute Gasteiger partial charge is 0.394 e. The first-order valence-corrected chi connectivity index (χ1v) is 13.0. The van der Waals surface area contributed by atoms with Crippen LogP contribution in [0.25, 0.3) is 0 Å². The highest BCUT2D eigenvalue weighted by Gasteiger charge is 2.47. The van der Waals surface area contributed by atoms with Gasteiger partial charge in [0.25, 0.3) is 0 Å². The van der Waals surface area contributed by atoms with Crippen LogP contribution in [0.1, 0.15) is 57.8 Å². The lowest BCUT2D eigenvalue weighted by molar-refractivity contribution is 0.381. The average Bonchev–Trinajstić information content (AvgIpc) is 2.56. The molecule has 0 aliphatic carbocycles. The van der Waals surface area contributed by atoms with Crippen LogP contribution in [0, 0.1) is 0 Å². The van der Waals surface area contributed by atoms with Crippen molar-refractivity contribution in [2.24, 2.45) is 0 Å². The highest BCUT2D eigenvalue weighted by molar-refractivity contribution is 8.06. The zero-order valence-corrected chi connectivity index (χ0v) is 16.7. The molecular weight excluding hydrogens is 372 g/mol. The van der Waals surface area contributed by atoms with Crippen LogP contribution in [0.15, 0.2) is 0 Å². The maximum Gasteiger partial charge on any atom is 0.394 e. The van der Waals surface area contributed by atoms with Crippen molar-refractivity contribution in [3.63, 3.8) is 0 Å². The first-order chi connectivity index (χ1) is 10.9. The summed E-state index contributed by atoms with van der Waals surface area (Å²) in [4.78, 5) is 0. The lowest BCUT2D eigenvalue weighted by atomic mass is 9.87. The molecule has 2 N–H and O–H groups in total. The van der Waals surface area contributed by atoms with Gasteiger partial charge in [-0.2, -0.15) is 43.7 Å². The summed E-state index contributed by atoms with van der Waals surface area (Å²) < 4.78 is 32.2. The van der Waals surface area contributed by atoms with Gasteiger partial charge in [0.15, 0.2) is 0 Å². The van der Waals surface area contributed by atoms with Crippen molar-refractivity contribution >= 4 is 45.7 Å². The van der Waals surface area contributed by atoms with Gasteiger partial charge in [-0.3, -0.25) is 9.11 Å². The Morgan fingerprint density at radius 1 is 0.783 bits per heavy atom. The molecule has 0 aromatic rings. The Kier molecular flexibility index (Phi) is 8.42. The fourth-order valence-corrected chi connectivity index (χ4v) is 9.44. The molecule has 3 heterocycles. The SMILES string of the molecule is C1CCC(C2(C3CCCCS3)CCCCS2)SC1.O=S(=O)(O)O. The standard InChI is InChI=1S/C15H26S3.H2O4S/c1-4-10-16-13(7-1)15(9-3-6-12-18-15)14-8-2-5-11-17-14;1-5(2,3)4/h13-14H,1-12H2;(H2,1,2,3,4). The van der Waals surface area contributed by atoms with Crippen molar-refractivity contribution in [3.05, 3.63) is 0 Å². The van der Waals surface area contributed by atoms with Gasteiger partial charge in [0.05, 0.1) is 0 Å². The van der Waals surface area contributed by atoms with Crippen LogP contribution in [0.2, 0.25) is 0 Å². The van der Waals surface area contributed by atoms with E-state index in [1.807, 2.05) is 0 Å². The number of thioether (sulfide) groups is 3. The van der Waals surface area contributed by atoms with Gasteiger partial charge < -0.3 is 0 Å². The van der Waals surface area contributed by atoms with Crippen LogP contribution in [0.3, 0.4) is 0 Å². The van der Waals surface area contributed by atoms with E-state index in [1.54, 1.807) is 0 Å². The fourth-order valence-electron chi connectivity index (χ4n) is 3.81. The molecule has 3 aliphatic heterocycles. The zero-order valence-electron chi connectivity index (χ0n) is 13.5. The summed E-state index contributed by atoms with van der Waals surface area (Å²) in [7, 11) is -4.67. The Balaban J connectivity index is 0.000000338. The van der Waals surface area contributed by atoms with Crippen molar-refractivity contribution < 1.29 is 17.5 Å². The van der Waals surface area contributed by atoms with Crippen LogP contribution >= 0.6 is 35.3 Å². The molecule has 8 heteroatoms. The topological polar surface area (TPSA) is 74.6 Å². The lowest BCUT2D eigenvalue weighted by Crippen LogP contribution is -2.49. The molecule has 136 valence electrons. The molecule has 2 atom stereocenters. The van der Waals surface area contributed by atoms with E-state index in [9.17, 15) is 0 Å². The van der Waals surface area contributed by atoms with Crippen molar-refractivity contribution in [2.75, 3.05) is 17.3 Å². The normalized spacial score (nSPS) is 35.9. The van der Waals surface area contributed by atoms with Gasteiger partial charge in [0, 0.05) is 15.2 Å². The van der Waals surface area contributed by atoms with E-state index in [4.69, 9.17) is 17.5 Å². The number of hydrogen-bond donors (Lipinski definition) is 2. The predicted molar refractivity (Wildman–Crippen MR) is 103 cm³/mol. The van der Waals surface area contributed by atoms with Gasteiger partial charge in [-0.05, 0) is 55.8 Å². The summed E-state index contributed by atoms with van der Waals surface area (Å²) in [5.74, 6) is 4.31. The van der Waals surface area contributed by atoms with E-state index in [0.717, 1.165) is 10.5 Å². The molecule has 3 aliphatic rings. The maximum atomic E-state index is 8.74. The Hall–Kier alpha value is 0.920. The highest BCUT2D eigenvalue weighted by atomic mass is 32.3. The molecule has 0 aromatic heterocycles. The smallest absolute Gasteiger partial charge is 0.264 e. The summed E-state index contributed by atoms with van der Waals surface area (Å²) >= 11 is 7.04. The van der Waals surface area contributed by atoms with E-state index < -0.39 is 10.4 Å². The lowest BCUT2D eigenvalue weighted by Gasteiger charge is -2.50. The minimum Gasteiger partial charge on any atom is -0.264 e. The van der Waals surface area contributed by atoms with Crippen LogP contribution < -0.4 is 0 Å². The first-order valence-electron chi connectivity index (χ1n) is 8.49. The molecule has 0 bridgehead atoms. The molecule has 3 saturated heterocycles. The molecule has 0 saturated carbocycles. The van der Waals surface area contributed by atoms with Gasteiger partial charge in [-0.15, -0.1) is 0 Å². The molecule has 0 radical (unpaired) electrons. The van der Waals surface area contributed by atoms with Crippen LogP contribution in [-0.4, -0.2) is 50.0 Å². The molecule has 0 amide bonds. The van der Waals surface area contributed by atoms with E-state index >= 15 is 0 Å². The van der Waals surface area contributed by atoms with Crippen LogP contribution in [0.5, 0.6) is 0 Å². The molecule has 4 nitrogen and oxygen atoms in total. The summed E-state index contributed by atoms with van der Waals surface area (Å²) in [6.07, 6.45) is 13.5. The van der Waals surface area contributed by atoms with Crippen molar-refractivity contribution in [3.8, 4) is 0 Å². The predicted octanol–water partition coefficient (Wildman–Crippen LogP) is 4.56. The summed E-state index contributed by atoms with van der Waals surface area (Å²) in [6.45, 7) is 0. The van der Waals surface area contributed by atoms with Crippen molar-refractivity contribution in [1.82, 2.24) is 0 Å². The Bertz CT molecular complexity index is 408. The molecule has 23 heavy (non-hydrogen) atoms. The second-order valence-corrected chi connectivity index (χ2v) is 11.4. The van der Waals surface area contributed by atoms with E-state index in [2.05, 4.69) is 35.3 Å². The van der Waals surface area contributed by atoms with Crippen LogP contribution in [0.4, 0.5) is 0 Å². The molecule has 0 aromatic carbocycles. The third-order valence-corrected chi connectivity index (χ3v) is 10.0. The van der Waals surface area contributed by atoms with E-state index in [0.29, 0.717) is 4.75 Å². The molecule has 3 fully saturated rings. The van der Waals surface area contributed by atoms with Gasteiger partial charge in [0.2, 0.25) is 0 Å². The first kappa shape index (κ1) is 20.2. The monoisotopic (exact) mass is 400 g/mol. The Morgan fingerprint density at radius 2 is 1.26 bits per heavy atom. The van der Waals surface area contributed by atoms with E-state index in [1.165, 1.54) is 75.0 Å². The third-order valence-electron chi connectivity index (χ3n) is 4.78. The quantitative estimate of drug-likeness (QED) is 0.658. The maximum absolute atomic E-state index is 8.74. The van der Waals surface area contributed by atoms with Gasteiger partial charge in [0.1, 0.15) is 0 Å². The van der Waals surface area contributed by atoms with Gasteiger partial charge in [-0.25, -0.2) is 0 Å². The second kappa shape index (κ2) is 9.57. The number of rotatable bonds is 2. The fraction of sp³-hybridized carbons (Fsp3) is 1.00. The summed E-state index contributed by atoms with van der Waals surface area (Å²) in [6, 6.07) is 0. The van der Waals surface area contributed by atoms with Crippen LogP contribution in [-0.2, 0) is 10.4 Å². The average molecular weight is 401 g/mol. The minimum absolute atomic E-state index is 0.661. The molecular formula is C15H28O4S4. The molecule has 3 rings (SSSR count). The van der Waals surface area contributed by atoms with Gasteiger partial charge in [-0.1, -0.05) is 19.3 Å². The Morgan fingerprint density at radius 3 is 1.61 bits per heavy atom. The minimum atomic E-state index is -4.67. The Labute approximate surface area is 153 Å². The number of hydrogen-bond acceptors (Lipinski definition) is 5. The summed E-state index contributed by atoms with van der Waals surface area (Å²) in [5.41, 5.74) is 0. The van der Waals surface area contributed by atoms with Gasteiger partial charge >= 0.3 is 10.4 Å². The third kappa shape index (κ3) is 6.62. The summed E-state index contributed by atoms with van der Waals surface area (Å²) in [5, 5.41) is 1.96. The van der Waals surface area contributed by atoms with E-state index in [-0.39, 0.29) is 0 Å². The second-order valence-electron chi connectivity index (χ2n) is 6.42. The molecule has 0 spiro atoms. The van der Waals surface area contributed by atoms with Crippen molar-refractivity contribution in [2.45, 2.75) is 73.0 Å².